The summed E-state index contributed by atoms with van der Waals surface area (Å²) in [5, 5.41) is 20.7. The van der Waals surface area contributed by atoms with Crippen LogP contribution in [0, 0.1) is 12.7 Å². The molecule has 7 heteroatoms. The Morgan fingerprint density at radius 1 is 1.29 bits per heavy atom. The fourth-order valence-corrected chi connectivity index (χ4v) is 2.09. The lowest BCUT2D eigenvalue weighted by molar-refractivity contribution is 0.102. The maximum atomic E-state index is 14.0. The molecule has 0 radical (unpaired) electrons. The molecule has 108 valence electrons. The van der Waals surface area contributed by atoms with Gasteiger partial charge in [0.15, 0.2) is 0 Å². The fourth-order valence-electron chi connectivity index (χ4n) is 1.85. The summed E-state index contributed by atoms with van der Waals surface area (Å²) in [5.41, 5.74) is 0.860. The Labute approximate surface area is 129 Å². The molecule has 0 spiro atoms. The molecule has 0 aliphatic carbocycles. The molecule has 0 heterocycles. The van der Waals surface area contributed by atoms with Gasteiger partial charge in [-0.05, 0) is 36.8 Å². The molecule has 21 heavy (non-hydrogen) atoms. The van der Waals surface area contributed by atoms with E-state index in [1.165, 1.54) is 18.2 Å². The highest BCUT2D eigenvalue weighted by Gasteiger charge is 2.21. The SMILES string of the molecule is Cc1cc(NC(=O)c2cccc(B(O)O)c2F)ccc1Br. The van der Waals surface area contributed by atoms with Crippen molar-refractivity contribution in [2.75, 3.05) is 5.32 Å². The molecule has 0 atom stereocenters. The van der Waals surface area contributed by atoms with Crippen molar-refractivity contribution in [1.29, 1.82) is 0 Å². The fraction of sp³-hybridized carbons (Fsp3) is 0.0714. The number of hydrogen-bond acceptors (Lipinski definition) is 3. The van der Waals surface area contributed by atoms with Gasteiger partial charge in [-0.3, -0.25) is 4.79 Å². The van der Waals surface area contributed by atoms with Crippen molar-refractivity contribution in [3.8, 4) is 0 Å². The minimum atomic E-state index is -1.97. The van der Waals surface area contributed by atoms with E-state index in [1.54, 1.807) is 18.2 Å². The highest BCUT2D eigenvalue weighted by Crippen LogP contribution is 2.20. The van der Waals surface area contributed by atoms with Crippen molar-refractivity contribution in [3.63, 3.8) is 0 Å². The summed E-state index contributed by atoms with van der Waals surface area (Å²) in [6.45, 7) is 1.86. The maximum absolute atomic E-state index is 14.0. The van der Waals surface area contributed by atoms with Crippen LogP contribution in [0.5, 0.6) is 0 Å². The van der Waals surface area contributed by atoms with Crippen LogP contribution >= 0.6 is 15.9 Å². The van der Waals surface area contributed by atoms with E-state index in [9.17, 15) is 9.18 Å². The quantitative estimate of drug-likeness (QED) is 0.739. The highest BCUT2D eigenvalue weighted by atomic mass is 79.9. The summed E-state index contributed by atoms with van der Waals surface area (Å²) in [6.07, 6.45) is 0. The van der Waals surface area contributed by atoms with Crippen LogP contribution in [0.2, 0.25) is 0 Å². The molecular weight excluding hydrogens is 340 g/mol. The molecule has 0 fully saturated rings. The number of hydrogen-bond donors (Lipinski definition) is 3. The normalized spacial score (nSPS) is 10.3. The van der Waals surface area contributed by atoms with E-state index in [0.717, 1.165) is 10.0 Å². The summed E-state index contributed by atoms with van der Waals surface area (Å²) >= 11 is 3.35. The summed E-state index contributed by atoms with van der Waals surface area (Å²) in [5.74, 6) is -1.60. The third-order valence-electron chi connectivity index (χ3n) is 2.97. The zero-order valence-corrected chi connectivity index (χ0v) is 12.7. The number of amides is 1. The van der Waals surface area contributed by atoms with Gasteiger partial charge in [-0.25, -0.2) is 4.39 Å². The molecule has 0 bridgehead atoms. The lowest BCUT2D eigenvalue weighted by Crippen LogP contribution is -2.34. The molecule has 2 aromatic carbocycles. The minimum absolute atomic E-state index is 0.249. The molecule has 4 nitrogen and oxygen atoms in total. The third kappa shape index (κ3) is 3.50. The van der Waals surface area contributed by atoms with Gasteiger partial charge in [0, 0.05) is 15.6 Å². The largest absolute Gasteiger partial charge is 0.491 e. The molecule has 2 rings (SSSR count). The van der Waals surface area contributed by atoms with Gasteiger partial charge < -0.3 is 15.4 Å². The first-order chi connectivity index (χ1) is 9.90. The van der Waals surface area contributed by atoms with Crippen LogP contribution in [0.15, 0.2) is 40.9 Å². The lowest BCUT2D eigenvalue weighted by atomic mass is 9.79. The molecule has 0 aliphatic rings. The monoisotopic (exact) mass is 351 g/mol. The van der Waals surface area contributed by atoms with Gasteiger partial charge >= 0.3 is 7.12 Å². The van der Waals surface area contributed by atoms with E-state index in [4.69, 9.17) is 10.0 Å². The standard InChI is InChI=1S/C14H12BBrFNO3/c1-8-7-9(5-6-12(8)16)18-14(19)10-3-2-4-11(13(10)17)15(20)21/h2-7,20-21H,1H3,(H,18,19). The minimum Gasteiger partial charge on any atom is -0.423 e. The van der Waals surface area contributed by atoms with Crippen LogP contribution in [0.25, 0.3) is 0 Å². The molecule has 0 unspecified atom stereocenters. The second-order valence-electron chi connectivity index (χ2n) is 4.50. The molecule has 3 N–H and O–H groups in total. The number of anilines is 1. The van der Waals surface area contributed by atoms with E-state index in [1.807, 2.05) is 6.92 Å². The van der Waals surface area contributed by atoms with Crippen LogP contribution in [0.3, 0.4) is 0 Å². The topological polar surface area (TPSA) is 69.6 Å². The zero-order chi connectivity index (χ0) is 15.6. The van der Waals surface area contributed by atoms with Crippen molar-refractivity contribution in [3.05, 3.63) is 57.8 Å². The third-order valence-corrected chi connectivity index (χ3v) is 3.86. The number of nitrogens with one attached hydrogen (secondary N) is 1. The second-order valence-corrected chi connectivity index (χ2v) is 5.35. The molecule has 2 aromatic rings. The van der Waals surface area contributed by atoms with Gasteiger partial charge in [-0.2, -0.15) is 0 Å². The molecule has 0 saturated carbocycles. The van der Waals surface area contributed by atoms with Crippen molar-refractivity contribution >= 4 is 40.1 Å². The lowest BCUT2D eigenvalue weighted by Gasteiger charge is -2.10. The van der Waals surface area contributed by atoms with Gasteiger partial charge in [-0.1, -0.05) is 28.1 Å². The second kappa shape index (κ2) is 6.38. The molecular formula is C14H12BBrFNO3. The van der Waals surface area contributed by atoms with Crippen molar-refractivity contribution in [1.82, 2.24) is 0 Å². The summed E-state index contributed by atoms with van der Waals surface area (Å²) < 4.78 is 14.9. The van der Waals surface area contributed by atoms with E-state index in [2.05, 4.69) is 21.2 Å². The van der Waals surface area contributed by atoms with Gasteiger partial charge in [0.05, 0.1) is 5.56 Å². The first-order valence-corrected chi connectivity index (χ1v) is 6.91. The van der Waals surface area contributed by atoms with Crippen molar-refractivity contribution in [2.45, 2.75) is 6.92 Å². The number of carbonyl (C=O) groups excluding carboxylic acids is 1. The number of carbonyl (C=O) groups is 1. The molecule has 0 aliphatic heterocycles. The number of rotatable bonds is 3. The summed E-state index contributed by atoms with van der Waals surface area (Å²) in [6, 6.07) is 9.07. The number of aryl methyl sites for hydroxylation is 1. The van der Waals surface area contributed by atoms with Crippen LogP contribution < -0.4 is 10.8 Å². The van der Waals surface area contributed by atoms with E-state index >= 15 is 0 Å². The Morgan fingerprint density at radius 3 is 2.62 bits per heavy atom. The van der Waals surface area contributed by atoms with Gasteiger partial charge in [-0.15, -0.1) is 0 Å². The Morgan fingerprint density at radius 2 is 2.00 bits per heavy atom. The first-order valence-electron chi connectivity index (χ1n) is 6.12. The average molecular weight is 352 g/mol. The molecule has 1 amide bonds. The zero-order valence-electron chi connectivity index (χ0n) is 11.1. The van der Waals surface area contributed by atoms with Crippen molar-refractivity contribution < 1.29 is 19.2 Å². The average Bonchev–Trinajstić information content (AvgIpc) is 2.42. The van der Waals surface area contributed by atoms with Gasteiger partial charge in [0.2, 0.25) is 0 Å². The summed E-state index contributed by atoms with van der Waals surface area (Å²) in [4.78, 5) is 12.1. The first kappa shape index (κ1) is 15.7. The Hall–Kier alpha value is -1.70. The maximum Gasteiger partial charge on any atom is 0.491 e. The predicted octanol–water partition coefficient (Wildman–Crippen LogP) is 1.83. The van der Waals surface area contributed by atoms with Crippen LogP contribution in [-0.4, -0.2) is 23.1 Å². The summed E-state index contributed by atoms with van der Waals surface area (Å²) in [7, 11) is -1.97. The van der Waals surface area contributed by atoms with E-state index in [-0.39, 0.29) is 11.0 Å². The van der Waals surface area contributed by atoms with E-state index < -0.39 is 18.8 Å². The van der Waals surface area contributed by atoms with Crippen LogP contribution in [0.1, 0.15) is 15.9 Å². The van der Waals surface area contributed by atoms with Crippen LogP contribution in [0.4, 0.5) is 10.1 Å². The number of benzene rings is 2. The van der Waals surface area contributed by atoms with Crippen LogP contribution in [-0.2, 0) is 0 Å². The van der Waals surface area contributed by atoms with Gasteiger partial charge in [0.1, 0.15) is 5.82 Å². The van der Waals surface area contributed by atoms with E-state index in [0.29, 0.717) is 5.69 Å². The predicted molar refractivity (Wildman–Crippen MR) is 83.1 cm³/mol. The Balaban J connectivity index is 2.28. The number of halogens is 2. The Bertz CT molecular complexity index is 694. The van der Waals surface area contributed by atoms with Gasteiger partial charge in [0.25, 0.3) is 5.91 Å². The van der Waals surface area contributed by atoms with Crippen molar-refractivity contribution in [2.24, 2.45) is 0 Å². The Kier molecular flexibility index (Phi) is 4.77. The molecule has 0 aromatic heterocycles. The molecule has 0 saturated heterocycles. The smallest absolute Gasteiger partial charge is 0.423 e. The highest BCUT2D eigenvalue weighted by molar-refractivity contribution is 9.10.